The second kappa shape index (κ2) is 7.72. The molecule has 0 unspecified atom stereocenters. The largest absolute Gasteiger partial charge is 0.319 e. The minimum Gasteiger partial charge on any atom is -0.319 e. The van der Waals surface area contributed by atoms with Gasteiger partial charge in [0.1, 0.15) is 5.69 Å². The molecule has 0 fully saturated rings. The summed E-state index contributed by atoms with van der Waals surface area (Å²) in [6.45, 7) is 2.07. The molecule has 0 bridgehead atoms. The summed E-state index contributed by atoms with van der Waals surface area (Å²) in [4.78, 5) is 12.6. The van der Waals surface area contributed by atoms with Gasteiger partial charge in [0.15, 0.2) is 0 Å². The van der Waals surface area contributed by atoms with Crippen molar-refractivity contribution >= 4 is 34.8 Å². The van der Waals surface area contributed by atoms with Crippen LogP contribution in [-0.2, 0) is 6.42 Å². The molecule has 4 nitrogen and oxygen atoms in total. The maximum Gasteiger partial charge on any atom is 0.255 e. The van der Waals surface area contributed by atoms with E-state index < -0.39 is 0 Å². The molecule has 1 amide bonds. The monoisotopic (exact) mass is 373 g/mol. The normalized spacial score (nSPS) is 10.7. The van der Waals surface area contributed by atoms with Crippen LogP contribution in [0.15, 0.2) is 48.5 Å². The molecular formula is C19H17Cl2N3O. The van der Waals surface area contributed by atoms with Gasteiger partial charge in [-0.1, -0.05) is 54.7 Å². The highest BCUT2D eigenvalue weighted by molar-refractivity contribution is 6.31. The Bertz CT molecular complexity index is 905. The van der Waals surface area contributed by atoms with Crippen LogP contribution < -0.4 is 5.32 Å². The van der Waals surface area contributed by atoms with E-state index >= 15 is 0 Å². The predicted molar refractivity (Wildman–Crippen MR) is 102 cm³/mol. The Kier molecular flexibility index (Phi) is 5.41. The maximum atomic E-state index is 12.6. The number of H-pyrrole nitrogens is 1. The predicted octanol–water partition coefficient (Wildman–Crippen LogP) is 5.59. The first-order valence-corrected chi connectivity index (χ1v) is 8.74. The molecule has 2 aromatic carbocycles. The number of amides is 1. The molecule has 3 aromatic rings. The first-order valence-electron chi connectivity index (χ1n) is 7.98. The summed E-state index contributed by atoms with van der Waals surface area (Å²) in [6.07, 6.45) is 1.70. The van der Waals surface area contributed by atoms with Crippen molar-refractivity contribution < 1.29 is 4.79 Å². The number of halogens is 2. The number of hydrogen-bond donors (Lipinski definition) is 2. The molecule has 2 N–H and O–H groups in total. The van der Waals surface area contributed by atoms with Gasteiger partial charge in [0, 0.05) is 21.2 Å². The van der Waals surface area contributed by atoms with Crippen molar-refractivity contribution in [2.24, 2.45) is 0 Å². The molecule has 128 valence electrons. The fourth-order valence-electron chi connectivity index (χ4n) is 2.60. The number of aryl methyl sites for hydroxylation is 1. The molecule has 0 saturated carbocycles. The van der Waals surface area contributed by atoms with E-state index in [9.17, 15) is 4.79 Å². The van der Waals surface area contributed by atoms with Crippen LogP contribution in [0.3, 0.4) is 0 Å². The SMILES string of the molecule is CCCc1[nH]nc(-c2cccc(Cl)c2)c1NC(=O)c1cccc(Cl)c1. The highest BCUT2D eigenvalue weighted by Crippen LogP contribution is 2.31. The number of hydrogen-bond acceptors (Lipinski definition) is 2. The molecule has 25 heavy (non-hydrogen) atoms. The summed E-state index contributed by atoms with van der Waals surface area (Å²) in [6, 6.07) is 14.2. The minimum atomic E-state index is -0.232. The Hall–Kier alpha value is -2.30. The molecule has 0 spiro atoms. The smallest absolute Gasteiger partial charge is 0.255 e. The van der Waals surface area contributed by atoms with Gasteiger partial charge in [-0.25, -0.2) is 0 Å². The van der Waals surface area contributed by atoms with Crippen LogP contribution in [0.4, 0.5) is 5.69 Å². The van der Waals surface area contributed by atoms with Crippen LogP contribution in [0.2, 0.25) is 10.0 Å². The molecule has 6 heteroatoms. The van der Waals surface area contributed by atoms with Crippen LogP contribution in [0.25, 0.3) is 11.3 Å². The lowest BCUT2D eigenvalue weighted by Crippen LogP contribution is -2.13. The Morgan fingerprint density at radius 2 is 1.84 bits per heavy atom. The topological polar surface area (TPSA) is 57.8 Å². The van der Waals surface area contributed by atoms with Gasteiger partial charge in [0.2, 0.25) is 0 Å². The zero-order chi connectivity index (χ0) is 17.8. The second-order valence-corrected chi connectivity index (χ2v) is 6.52. The summed E-state index contributed by atoms with van der Waals surface area (Å²) in [5, 5.41) is 11.5. The molecule has 0 atom stereocenters. The van der Waals surface area contributed by atoms with E-state index in [1.54, 1.807) is 30.3 Å². The zero-order valence-electron chi connectivity index (χ0n) is 13.6. The van der Waals surface area contributed by atoms with E-state index in [2.05, 4.69) is 22.4 Å². The van der Waals surface area contributed by atoms with E-state index in [1.807, 2.05) is 18.2 Å². The number of rotatable bonds is 5. The third kappa shape index (κ3) is 4.03. The van der Waals surface area contributed by atoms with Crippen molar-refractivity contribution in [2.45, 2.75) is 19.8 Å². The Morgan fingerprint density at radius 3 is 2.52 bits per heavy atom. The van der Waals surface area contributed by atoms with Gasteiger partial charge in [0.05, 0.1) is 11.4 Å². The second-order valence-electron chi connectivity index (χ2n) is 5.65. The molecule has 0 aliphatic heterocycles. The third-order valence-corrected chi connectivity index (χ3v) is 4.23. The van der Waals surface area contributed by atoms with Gasteiger partial charge < -0.3 is 5.32 Å². The van der Waals surface area contributed by atoms with Gasteiger partial charge in [0.25, 0.3) is 5.91 Å². The fraction of sp³-hybridized carbons (Fsp3) is 0.158. The average Bonchev–Trinajstić information content (AvgIpc) is 2.98. The molecule has 0 radical (unpaired) electrons. The number of aromatic nitrogens is 2. The Balaban J connectivity index is 1.98. The van der Waals surface area contributed by atoms with Gasteiger partial charge in [-0.2, -0.15) is 5.10 Å². The molecule has 0 aliphatic rings. The lowest BCUT2D eigenvalue weighted by molar-refractivity contribution is 0.102. The van der Waals surface area contributed by atoms with Crippen LogP contribution in [-0.4, -0.2) is 16.1 Å². The summed E-state index contributed by atoms with van der Waals surface area (Å²) in [5.74, 6) is -0.232. The lowest BCUT2D eigenvalue weighted by Gasteiger charge is -2.09. The highest BCUT2D eigenvalue weighted by Gasteiger charge is 2.18. The average molecular weight is 374 g/mol. The Morgan fingerprint density at radius 1 is 1.12 bits per heavy atom. The first kappa shape index (κ1) is 17.5. The van der Waals surface area contributed by atoms with Gasteiger partial charge in [-0.3, -0.25) is 9.89 Å². The van der Waals surface area contributed by atoms with Crippen molar-refractivity contribution in [3.8, 4) is 11.3 Å². The van der Waals surface area contributed by atoms with E-state index in [1.165, 1.54) is 0 Å². The summed E-state index contributed by atoms with van der Waals surface area (Å²) < 4.78 is 0. The summed E-state index contributed by atoms with van der Waals surface area (Å²) >= 11 is 12.1. The maximum absolute atomic E-state index is 12.6. The van der Waals surface area contributed by atoms with Crippen LogP contribution >= 0.6 is 23.2 Å². The van der Waals surface area contributed by atoms with Gasteiger partial charge in [-0.15, -0.1) is 0 Å². The van der Waals surface area contributed by atoms with Gasteiger partial charge in [-0.05, 0) is 36.8 Å². The number of aromatic amines is 1. The molecular weight excluding hydrogens is 357 g/mol. The molecule has 1 aromatic heterocycles. The summed E-state index contributed by atoms with van der Waals surface area (Å²) in [7, 11) is 0. The van der Waals surface area contributed by atoms with E-state index in [4.69, 9.17) is 23.2 Å². The van der Waals surface area contributed by atoms with Crippen molar-refractivity contribution in [1.82, 2.24) is 10.2 Å². The lowest BCUT2D eigenvalue weighted by atomic mass is 10.1. The van der Waals surface area contributed by atoms with Crippen LogP contribution in [0.1, 0.15) is 29.4 Å². The summed E-state index contributed by atoms with van der Waals surface area (Å²) in [5.41, 5.74) is 3.56. The van der Waals surface area contributed by atoms with E-state index in [-0.39, 0.29) is 5.91 Å². The standard InChI is InChI=1S/C19H17Cl2N3O/c1-2-5-16-18(22-19(25)13-7-4-9-15(21)11-13)17(24-23-16)12-6-3-8-14(20)10-12/h3-4,6-11H,2,5H2,1H3,(H,22,25)(H,23,24). The minimum absolute atomic E-state index is 0.232. The molecule has 0 saturated heterocycles. The van der Waals surface area contributed by atoms with E-state index in [0.717, 1.165) is 24.1 Å². The third-order valence-electron chi connectivity index (χ3n) is 3.76. The van der Waals surface area contributed by atoms with E-state index in [0.29, 0.717) is 27.0 Å². The van der Waals surface area contributed by atoms with Crippen molar-refractivity contribution in [3.63, 3.8) is 0 Å². The number of nitrogens with one attached hydrogen (secondary N) is 2. The quantitative estimate of drug-likeness (QED) is 0.612. The van der Waals surface area contributed by atoms with Gasteiger partial charge >= 0.3 is 0 Å². The first-order chi connectivity index (χ1) is 12.1. The van der Waals surface area contributed by atoms with Crippen molar-refractivity contribution in [3.05, 3.63) is 69.8 Å². The number of benzene rings is 2. The van der Waals surface area contributed by atoms with Crippen molar-refractivity contribution in [1.29, 1.82) is 0 Å². The molecule has 1 heterocycles. The Labute approximate surface area is 156 Å². The zero-order valence-corrected chi connectivity index (χ0v) is 15.2. The van der Waals surface area contributed by atoms with Crippen LogP contribution in [0, 0.1) is 0 Å². The number of carbonyl (C=O) groups excluding carboxylic acids is 1. The number of anilines is 1. The van der Waals surface area contributed by atoms with Crippen LogP contribution in [0.5, 0.6) is 0 Å². The van der Waals surface area contributed by atoms with Crippen molar-refractivity contribution in [2.75, 3.05) is 5.32 Å². The highest BCUT2D eigenvalue weighted by atomic mass is 35.5. The molecule has 0 aliphatic carbocycles. The number of carbonyl (C=O) groups is 1. The fourth-order valence-corrected chi connectivity index (χ4v) is 2.98. The number of nitrogens with zero attached hydrogens (tertiary/aromatic N) is 1. The molecule has 3 rings (SSSR count).